The molecule has 140 valence electrons. The van der Waals surface area contributed by atoms with E-state index in [4.69, 9.17) is 0 Å². The molecule has 0 aliphatic carbocycles. The minimum absolute atomic E-state index is 0.159. The Morgan fingerprint density at radius 1 is 1.14 bits per heavy atom. The third-order valence-corrected chi connectivity index (χ3v) is 4.39. The van der Waals surface area contributed by atoms with E-state index in [0.29, 0.717) is 28.2 Å². The maximum absolute atomic E-state index is 14.0. The largest absolute Gasteiger partial charge is 0.348 e. The van der Waals surface area contributed by atoms with E-state index in [1.54, 1.807) is 49.3 Å². The molecule has 1 aromatic carbocycles. The van der Waals surface area contributed by atoms with Crippen LogP contribution in [0.2, 0.25) is 0 Å². The van der Waals surface area contributed by atoms with E-state index < -0.39 is 11.7 Å². The molecule has 4 rings (SSSR count). The Morgan fingerprint density at radius 3 is 2.75 bits per heavy atom. The molecule has 0 aliphatic heterocycles. The number of carbonyl (C=O) groups is 1. The molecule has 0 spiro atoms. The molecule has 3 aromatic heterocycles. The van der Waals surface area contributed by atoms with Gasteiger partial charge in [-0.2, -0.15) is 5.10 Å². The van der Waals surface area contributed by atoms with E-state index in [0.717, 1.165) is 5.56 Å². The van der Waals surface area contributed by atoms with Crippen LogP contribution in [0.25, 0.3) is 16.9 Å². The first-order valence-corrected chi connectivity index (χ1v) is 8.69. The summed E-state index contributed by atoms with van der Waals surface area (Å²) in [5, 5.41) is 6.95. The average molecular weight is 376 g/mol. The van der Waals surface area contributed by atoms with Gasteiger partial charge in [-0.3, -0.25) is 4.79 Å². The van der Waals surface area contributed by atoms with Crippen LogP contribution in [-0.4, -0.2) is 30.6 Å². The predicted octanol–water partition coefficient (Wildman–Crippen LogP) is 2.90. The molecule has 0 atom stereocenters. The SMILES string of the molecule is Cc1nc2cc(F)cc(C(=O)NCc3ccnc(-n4cccn4)c3)c2nc1C. The van der Waals surface area contributed by atoms with Gasteiger partial charge in [-0.1, -0.05) is 0 Å². The summed E-state index contributed by atoms with van der Waals surface area (Å²) in [6.45, 7) is 3.86. The molecule has 0 unspecified atom stereocenters. The molecular weight excluding hydrogens is 359 g/mol. The van der Waals surface area contributed by atoms with E-state index >= 15 is 0 Å². The highest BCUT2D eigenvalue weighted by atomic mass is 19.1. The van der Waals surface area contributed by atoms with E-state index in [2.05, 4.69) is 25.4 Å². The summed E-state index contributed by atoms with van der Waals surface area (Å²) in [4.78, 5) is 25.7. The number of hydrogen-bond acceptors (Lipinski definition) is 5. The van der Waals surface area contributed by atoms with E-state index in [1.165, 1.54) is 12.1 Å². The fraction of sp³-hybridized carbons (Fsp3) is 0.150. The summed E-state index contributed by atoms with van der Waals surface area (Å²) in [5.41, 5.74) is 3.14. The van der Waals surface area contributed by atoms with Gasteiger partial charge in [0.15, 0.2) is 5.82 Å². The maximum Gasteiger partial charge on any atom is 0.253 e. The zero-order valence-corrected chi connectivity index (χ0v) is 15.3. The quantitative estimate of drug-likeness (QED) is 0.592. The predicted molar refractivity (Wildman–Crippen MR) is 101 cm³/mol. The van der Waals surface area contributed by atoms with Crippen molar-refractivity contribution in [1.82, 2.24) is 30.0 Å². The first-order valence-electron chi connectivity index (χ1n) is 8.69. The van der Waals surface area contributed by atoms with Crippen LogP contribution >= 0.6 is 0 Å². The van der Waals surface area contributed by atoms with E-state index in [9.17, 15) is 9.18 Å². The van der Waals surface area contributed by atoms with Crippen LogP contribution < -0.4 is 5.32 Å². The minimum atomic E-state index is -0.528. The van der Waals surface area contributed by atoms with Crippen LogP contribution in [0.15, 0.2) is 48.9 Å². The number of nitrogens with zero attached hydrogens (tertiary/aromatic N) is 5. The van der Waals surface area contributed by atoms with Crippen LogP contribution in [0, 0.1) is 19.7 Å². The van der Waals surface area contributed by atoms with Crippen molar-refractivity contribution < 1.29 is 9.18 Å². The normalized spacial score (nSPS) is 11.0. The second-order valence-corrected chi connectivity index (χ2v) is 6.37. The molecule has 0 saturated heterocycles. The maximum atomic E-state index is 14.0. The molecule has 8 heteroatoms. The lowest BCUT2D eigenvalue weighted by molar-refractivity contribution is 0.0952. The van der Waals surface area contributed by atoms with Gasteiger partial charge < -0.3 is 5.32 Å². The van der Waals surface area contributed by atoms with Gasteiger partial charge in [0, 0.05) is 31.2 Å². The summed E-state index contributed by atoms with van der Waals surface area (Å²) < 4.78 is 15.6. The molecule has 1 amide bonds. The number of carbonyl (C=O) groups excluding carboxylic acids is 1. The second kappa shape index (κ2) is 7.15. The number of aromatic nitrogens is 5. The van der Waals surface area contributed by atoms with Crippen molar-refractivity contribution in [2.75, 3.05) is 0 Å². The van der Waals surface area contributed by atoms with Crippen LogP contribution in [0.4, 0.5) is 4.39 Å². The Kier molecular flexibility index (Phi) is 4.52. The molecule has 3 heterocycles. The number of amides is 1. The second-order valence-electron chi connectivity index (χ2n) is 6.37. The fourth-order valence-electron chi connectivity index (χ4n) is 2.85. The monoisotopic (exact) mass is 376 g/mol. The first-order chi connectivity index (χ1) is 13.5. The van der Waals surface area contributed by atoms with Crippen molar-refractivity contribution in [2.45, 2.75) is 20.4 Å². The van der Waals surface area contributed by atoms with Gasteiger partial charge in [0.25, 0.3) is 5.91 Å². The Bertz CT molecular complexity index is 1170. The van der Waals surface area contributed by atoms with Crippen molar-refractivity contribution in [3.05, 3.63) is 77.3 Å². The molecule has 0 saturated carbocycles. The summed E-state index contributed by atoms with van der Waals surface area (Å²) in [5.74, 6) is -0.301. The summed E-state index contributed by atoms with van der Waals surface area (Å²) in [6.07, 6.45) is 5.09. The average Bonchev–Trinajstić information content (AvgIpc) is 3.22. The van der Waals surface area contributed by atoms with Gasteiger partial charge in [-0.05, 0) is 43.7 Å². The van der Waals surface area contributed by atoms with Crippen LogP contribution in [0.3, 0.4) is 0 Å². The highest BCUT2D eigenvalue weighted by molar-refractivity contribution is 6.04. The number of halogens is 1. The Labute approximate surface area is 160 Å². The lowest BCUT2D eigenvalue weighted by Gasteiger charge is -2.10. The van der Waals surface area contributed by atoms with Crippen LogP contribution in [-0.2, 0) is 6.54 Å². The standard InChI is InChI=1S/C20H17FN6O/c1-12-13(2)26-19-16(9-15(21)10-17(19)25-12)20(28)23-11-14-4-6-22-18(8-14)27-7-3-5-24-27/h3-10H,11H2,1-2H3,(H,23,28). The molecule has 0 bridgehead atoms. The smallest absolute Gasteiger partial charge is 0.253 e. The number of aryl methyl sites for hydroxylation is 2. The Morgan fingerprint density at radius 2 is 1.96 bits per heavy atom. The van der Waals surface area contributed by atoms with E-state index in [1.807, 2.05) is 6.07 Å². The van der Waals surface area contributed by atoms with E-state index in [-0.39, 0.29) is 12.1 Å². The number of pyridine rings is 1. The molecule has 0 fully saturated rings. The first kappa shape index (κ1) is 17.7. The summed E-state index contributed by atoms with van der Waals surface area (Å²) in [7, 11) is 0. The van der Waals surface area contributed by atoms with Crippen molar-refractivity contribution >= 4 is 16.9 Å². The van der Waals surface area contributed by atoms with Gasteiger partial charge in [0.05, 0.1) is 22.5 Å². The summed E-state index contributed by atoms with van der Waals surface area (Å²) in [6, 6.07) is 7.89. The van der Waals surface area contributed by atoms with Gasteiger partial charge in [-0.25, -0.2) is 24.0 Å². The highest BCUT2D eigenvalue weighted by Gasteiger charge is 2.15. The lowest BCUT2D eigenvalue weighted by Crippen LogP contribution is -2.23. The van der Waals surface area contributed by atoms with Crippen molar-refractivity contribution in [1.29, 1.82) is 0 Å². The van der Waals surface area contributed by atoms with Gasteiger partial charge in [0.2, 0.25) is 0 Å². The van der Waals surface area contributed by atoms with Crippen LogP contribution in [0.1, 0.15) is 27.3 Å². The Hall–Kier alpha value is -3.68. The third-order valence-electron chi connectivity index (χ3n) is 4.39. The molecule has 7 nitrogen and oxygen atoms in total. The zero-order chi connectivity index (χ0) is 19.7. The van der Waals surface area contributed by atoms with Crippen molar-refractivity contribution in [3.8, 4) is 5.82 Å². The molecule has 0 radical (unpaired) electrons. The van der Waals surface area contributed by atoms with Gasteiger partial charge in [0.1, 0.15) is 11.3 Å². The molecule has 4 aromatic rings. The molecule has 0 aliphatic rings. The number of nitrogens with one attached hydrogen (secondary N) is 1. The lowest BCUT2D eigenvalue weighted by atomic mass is 10.1. The Balaban J connectivity index is 1.59. The number of hydrogen-bond donors (Lipinski definition) is 1. The molecule has 1 N–H and O–H groups in total. The minimum Gasteiger partial charge on any atom is -0.348 e. The fourth-order valence-corrected chi connectivity index (χ4v) is 2.85. The van der Waals surface area contributed by atoms with Gasteiger partial charge >= 0.3 is 0 Å². The molecular formula is C20H17FN6O. The topological polar surface area (TPSA) is 85.6 Å². The number of fused-ring (bicyclic) bond motifs is 1. The van der Waals surface area contributed by atoms with Crippen molar-refractivity contribution in [2.24, 2.45) is 0 Å². The van der Waals surface area contributed by atoms with Crippen molar-refractivity contribution in [3.63, 3.8) is 0 Å². The van der Waals surface area contributed by atoms with Crippen LogP contribution in [0.5, 0.6) is 0 Å². The number of rotatable bonds is 4. The summed E-state index contributed by atoms with van der Waals surface area (Å²) >= 11 is 0. The molecule has 28 heavy (non-hydrogen) atoms. The highest BCUT2D eigenvalue weighted by Crippen LogP contribution is 2.19. The van der Waals surface area contributed by atoms with Gasteiger partial charge in [-0.15, -0.1) is 0 Å². The third kappa shape index (κ3) is 3.44. The zero-order valence-electron chi connectivity index (χ0n) is 15.3. The number of benzene rings is 1.